The van der Waals surface area contributed by atoms with Crippen molar-refractivity contribution in [2.75, 3.05) is 0 Å². The third-order valence-electron chi connectivity index (χ3n) is 3.78. The molecule has 0 aliphatic heterocycles. The van der Waals surface area contributed by atoms with Crippen LogP contribution in [-0.2, 0) is 13.5 Å². The first-order valence-electron chi connectivity index (χ1n) is 7.03. The number of hydrogen-bond donors (Lipinski definition) is 1. The number of benzene rings is 2. The topological polar surface area (TPSA) is 84.9 Å². The highest BCUT2D eigenvalue weighted by molar-refractivity contribution is 5.80. The normalized spacial score (nSPS) is 12.3. The average Bonchev–Trinajstić information content (AvgIpc) is 2.83. The van der Waals surface area contributed by atoms with E-state index < -0.39 is 17.6 Å². The largest absolute Gasteiger partial charge is 0.419 e. The van der Waals surface area contributed by atoms with Crippen LogP contribution in [0.4, 0.5) is 4.39 Å². The maximum absolute atomic E-state index is 14.2. The Hall–Kier alpha value is -2.91. The Kier molecular flexibility index (Phi) is 3.72. The van der Waals surface area contributed by atoms with Crippen molar-refractivity contribution in [1.82, 2.24) is 4.57 Å². The minimum Gasteiger partial charge on any atom is -0.408 e. The number of nitriles is 1. The fourth-order valence-electron chi connectivity index (χ4n) is 2.48. The van der Waals surface area contributed by atoms with Gasteiger partial charge in [-0.2, -0.15) is 5.26 Å². The lowest BCUT2D eigenvalue weighted by Crippen LogP contribution is -2.20. The first kappa shape index (κ1) is 15.0. The van der Waals surface area contributed by atoms with Gasteiger partial charge in [0.25, 0.3) is 0 Å². The number of hydrogen-bond acceptors (Lipinski definition) is 4. The zero-order valence-corrected chi connectivity index (χ0v) is 12.4. The second kappa shape index (κ2) is 5.71. The molecule has 0 saturated heterocycles. The maximum Gasteiger partial charge on any atom is 0.419 e. The zero-order valence-electron chi connectivity index (χ0n) is 12.4. The number of oxazole rings is 1. The van der Waals surface area contributed by atoms with E-state index in [-0.39, 0.29) is 6.42 Å². The van der Waals surface area contributed by atoms with E-state index >= 15 is 0 Å². The van der Waals surface area contributed by atoms with Crippen LogP contribution < -0.4 is 11.5 Å². The van der Waals surface area contributed by atoms with Gasteiger partial charge in [-0.3, -0.25) is 4.57 Å². The third-order valence-corrected chi connectivity index (χ3v) is 3.78. The van der Waals surface area contributed by atoms with E-state index in [4.69, 9.17) is 15.4 Å². The summed E-state index contributed by atoms with van der Waals surface area (Å²) in [6, 6.07) is 11.2. The highest BCUT2D eigenvalue weighted by Crippen LogP contribution is 2.25. The van der Waals surface area contributed by atoms with E-state index in [0.29, 0.717) is 22.2 Å². The molecule has 5 nitrogen and oxygen atoms in total. The Morgan fingerprint density at radius 1 is 1.30 bits per heavy atom. The molecule has 0 aliphatic rings. The van der Waals surface area contributed by atoms with Crippen molar-refractivity contribution in [3.05, 3.63) is 58.3 Å². The predicted octanol–water partition coefficient (Wildman–Crippen LogP) is 2.33. The molecule has 3 aromatic rings. The van der Waals surface area contributed by atoms with Crippen molar-refractivity contribution >= 4 is 11.1 Å². The average molecular weight is 311 g/mol. The molecular formula is C17H14FN3O2. The minimum absolute atomic E-state index is 0.165. The minimum atomic E-state index is -0.729. The Morgan fingerprint density at radius 3 is 2.70 bits per heavy atom. The van der Waals surface area contributed by atoms with Crippen LogP contribution in [-0.4, -0.2) is 10.6 Å². The summed E-state index contributed by atoms with van der Waals surface area (Å²) in [4.78, 5) is 11.5. The monoisotopic (exact) mass is 311 g/mol. The van der Waals surface area contributed by atoms with Gasteiger partial charge in [-0.25, -0.2) is 9.18 Å². The summed E-state index contributed by atoms with van der Waals surface area (Å²) in [5.41, 5.74) is 8.50. The standard InChI is InChI=1S/C17H14FN3O2/c1-21-15-8-11(4-5-16(15)23-17(21)22)10-2-3-12(14(18)7-10)6-13(20)9-19/h2-5,7-8,13H,6,20H2,1H3. The molecule has 2 aromatic carbocycles. The second-order valence-electron chi connectivity index (χ2n) is 5.36. The van der Waals surface area contributed by atoms with Gasteiger partial charge in [0, 0.05) is 13.5 Å². The predicted molar refractivity (Wildman–Crippen MR) is 84.1 cm³/mol. The molecule has 0 amide bonds. The summed E-state index contributed by atoms with van der Waals surface area (Å²) in [5.74, 6) is -0.849. The molecular weight excluding hydrogens is 297 g/mol. The smallest absolute Gasteiger partial charge is 0.408 e. The molecule has 2 N–H and O–H groups in total. The van der Waals surface area contributed by atoms with E-state index in [1.54, 1.807) is 37.4 Å². The first-order valence-corrected chi connectivity index (χ1v) is 7.03. The maximum atomic E-state index is 14.2. The number of aryl methyl sites for hydroxylation is 1. The molecule has 1 atom stereocenters. The summed E-state index contributed by atoms with van der Waals surface area (Å²) in [6.45, 7) is 0. The SMILES string of the molecule is Cn1c(=O)oc2ccc(-c3ccc(CC(N)C#N)c(F)c3)cc21. The number of aromatic nitrogens is 1. The lowest BCUT2D eigenvalue weighted by Gasteiger charge is -2.08. The molecule has 3 rings (SSSR count). The summed E-state index contributed by atoms with van der Waals surface area (Å²) in [7, 11) is 1.62. The molecule has 1 aromatic heterocycles. The molecule has 23 heavy (non-hydrogen) atoms. The van der Waals surface area contributed by atoms with E-state index in [2.05, 4.69) is 0 Å². The highest BCUT2D eigenvalue weighted by atomic mass is 19.1. The number of nitrogens with two attached hydrogens (primary N) is 1. The summed E-state index contributed by atoms with van der Waals surface area (Å²) >= 11 is 0. The van der Waals surface area contributed by atoms with Gasteiger partial charge >= 0.3 is 5.76 Å². The highest BCUT2D eigenvalue weighted by Gasteiger charge is 2.11. The molecule has 116 valence electrons. The van der Waals surface area contributed by atoms with Crippen molar-refractivity contribution in [2.24, 2.45) is 12.8 Å². The molecule has 1 heterocycles. The van der Waals surface area contributed by atoms with Crippen LogP contribution in [0.1, 0.15) is 5.56 Å². The Labute approximate surface area is 131 Å². The van der Waals surface area contributed by atoms with E-state index in [1.165, 1.54) is 10.6 Å². The first-order chi connectivity index (χ1) is 11.0. The number of nitrogens with zero attached hydrogens (tertiary/aromatic N) is 2. The Morgan fingerprint density at radius 2 is 2.00 bits per heavy atom. The number of rotatable bonds is 3. The number of fused-ring (bicyclic) bond motifs is 1. The van der Waals surface area contributed by atoms with Crippen LogP contribution in [0, 0.1) is 17.1 Å². The van der Waals surface area contributed by atoms with Gasteiger partial charge in [-0.05, 0) is 34.9 Å². The molecule has 0 aliphatic carbocycles. The Bertz CT molecular complexity index is 982. The van der Waals surface area contributed by atoms with Gasteiger partial charge in [0.2, 0.25) is 0 Å². The van der Waals surface area contributed by atoms with Crippen molar-refractivity contribution in [2.45, 2.75) is 12.5 Å². The fourth-order valence-corrected chi connectivity index (χ4v) is 2.48. The quantitative estimate of drug-likeness (QED) is 0.804. The molecule has 1 unspecified atom stereocenters. The molecule has 0 spiro atoms. The van der Waals surface area contributed by atoms with E-state index in [0.717, 1.165) is 5.56 Å². The lowest BCUT2D eigenvalue weighted by molar-refractivity contribution is 0.528. The van der Waals surface area contributed by atoms with Gasteiger partial charge in [0.1, 0.15) is 5.82 Å². The van der Waals surface area contributed by atoms with Gasteiger partial charge in [-0.15, -0.1) is 0 Å². The molecule has 0 bridgehead atoms. The van der Waals surface area contributed by atoms with Crippen LogP contribution in [0.5, 0.6) is 0 Å². The van der Waals surface area contributed by atoms with E-state index in [1.807, 2.05) is 6.07 Å². The van der Waals surface area contributed by atoms with Crippen molar-refractivity contribution in [1.29, 1.82) is 5.26 Å². The van der Waals surface area contributed by atoms with Gasteiger partial charge in [0.15, 0.2) is 5.58 Å². The number of halogens is 1. The summed E-state index contributed by atoms with van der Waals surface area (Å²) in [5, 5.41) is 8.71. The van der Waals surface area contributed by atoms with E-state index in [9.17, 15) is 9.18 Å². The van der Waals surface area contributed by atoms with Crippen LogP contribution in [0.2, 0.25) is 0 Å². The summed E-state index contributed by atoms with van der Waals surface area (Å²) in [6.07, 6.45) is 0.165. The second-order valence-corrected chi connectivity index (χ2v) is 5.36. The Balaban J connectivity index is 2.02. The molecule has 0 fully saturated rings. The summed E-state index contributed by atoms with van der Waals surface area (Å²) < 4.78 is 20.7. The van der Waals surface area contributed by atoms with Gasteiger partial charge < -0.3 is 10.2 Å². The molecule has 0 saturated carbocycles. The van der Waals surface area contributed by atoms with Crippen LogP contribution in [0.25, 0.3) is 22.2 Å². The lowest BCUT2D eigenvalue weighted by atomic mass is 10.00. The molecule has 6 heteroatoms. The van der Waals surface area contributed by atoms with Crippen LogP contribution in [0.3, 0.4) is 0 Å². The zero-order chi connectivity index (χ0) is 16.6. The van der Waals surface area contributed by atoms with Gasteiger partial charge in [-0.1, -0.05) is 18.2 Å². The fraction of sp³-hybridized carbons (Fsp3) is 0.176. The van der Waals surface area contributed by atoms with Crippen molar-refractivity contribution in [3.8, 4) is 17.2 Å². The molecule has 0 radical (unpaired) electrons. The van der Waals surface area contributed by atoms with Crippen LogP contribution in [0.15, 0.2) is 45.6 Å². The third kappa shape index (κ3) is 2.74. The van der Waals surface area contributed by atoms with Crippen molar-refractivity contribution < 1.29 is 8.81 Å². The van der Waals surface area contributed by atoms with Gasteiger partial charge in [0.05, 0.1) is 17.6 Å². The van der Waals surface area contributed by atoms with Crippen molar-refractivity contribution in [3.63, 3.8) is 0 Å². The van der Waals surface area contributed by atoms with Crippen LogP contribution >= 0.6 is 0 Å².